The first kappa shape index (κ1) is 6.92. The minimum absolute atomic E-state index is 0.684. The lowest BCUT2D eigenvalue weighted by atomic mass is 10.1. The van der Waals surface area contributed by atoms with Gasteiger partial charge in [0.15, 0.2) is 0 Å². The number of fused-ring (bicyclic) bond motifs is 1. The minimum atomic E-state index is 0.684. The maximum Gasteiger partial charge on any atom is 0.128 e. The molecule has 0 aromatic heterocycles. The molecular formula is C9H7BrO. The van der Waals surface area contributed by atoms with Crippen LogP contribution in [0.5, 0.6) is 5.75 Å². The van der Waals surface area contributed by atoms with E-state index >= 15 is 0 Å². The van der Waals surface area contributed by atoms with Gasteiger partial charge in [0, 0.05) is 10.0 Å². The molecule has 56 valence electrons. The summed E-state index contributed by atoms with van der Waals surface area (Å²) in [4.78, 5) is 0. The molecule has 0 amide bonds. The van der Waals surface area contributed by atoms with E-state index < -0.39 is 0 Å². The summed E-state index contributed by atoms with van der Waals surface area (Å²) >= 11 is 3.39. The third-order valence-electron chi connectivity index (χ3n) is 1.61. The second-order valence-electron chi connectivity index (χ2n) is 2.40. The van der Waals surface area contributed by atoms with Crippen molar-refractivity contribution < 1.29 is 4.74 Å². The van der Waals surface area contributed by atoms with Crippen molar-refractivity contribution in [1.82, 2.24) is 0 Å². The molecule has 0 saturated heterocycles. The molecule has 1 aromatic carbocycles. The Morgan fingerprint density at radius 2 is 2.27 bits per heavy atom. The normalized spacial score (nSPS) is 13.9. The summed E-state index contributed by atoms with van der Waals surface area (Å²) in [6.07, 6.45) is 4.08. The van der Waals surface area contributed by atoms with Gasteiger partial charge in [0.05, 0.1) is 0 Å². The van der Waals surface area contributed by atoms with E-state index in [-0.39, 0.29) is 0 Å². The first-order valence-corrected chi connectivity index (χ1v) is 4.24. The van der Waals surface area contributed by atoms with E-state index in [0.29, 0.717) is 6.61 Å². The molecule has 0 radical (unpaired) electrons. The van der Waals surface area contributed by atoms with Crippen molar-refractivity contribution in [3.05, 3.63) is 34.3 Å². The van der Waals surface area contributed by atoms with E-state index in [1.165, 1.54) is 0 Å². The van der Waals surface area contributed by atoms with Crippen LogP contribution < -0.4 is 4.74 Å². The molecule has 0 aliphatic carbocycles. The predicted molar refractivity (Wildman–Crippen MR) is 48.7 cm³/mol. The zero-order chi connectivity index (χ0) is 7.68. The van der Waals surface area contributed by atoms with Crippen LogP contribution in [0.3, 0.4) is 0 Å². The van der Waals surface area contributed by atoms with Gasteiger partial charge in [-0.1, -0.05) is 28.1 Å². The maximum atomic E-state index is 5.39. The molecule has 0 N–H and O–H groups in total. The number of hydrogen-bond acceptors (Lipinski definition) is 1. The fourth-order valence-electron chi connectivity index (χ4n) is 1.08. The largest absolute Gasteiger partial charge is 0.489 e. The van der Waals surface area contributed by atoms with Crippen molar-refractivity contribution in [2.75, 3.05) is 6.61 Å². The van der Waals surface area contributed by atoms with Crippen LogP contribution in [0.4, 0.5) is 0 Å². The van der Waals surface area contributed by atoms with Gasteiger partial charge in [0.25, 0.3) is 0 Å². The number of ether oxygens (including phenoxy) is 1. The average Bonchev–Trinajstić information content (AvgIpc) is 2.04. The summed E-state index contributed by atoms with van der Waals surface area (Å²) in [5.41, 5.74) is 1.15. The van der Waals surface area contributed by atoms with Crippen LogP contribution in [0.2, 0.25) is 0 Å². The van der Waals surface area contributed by atoms with Crippen LogP contribution in [0.25, 0.3) is 6.08 Å². The van der Waals surface area contributed by atoms with Crippen molar-refractivity contribution in [2.24, 2.45) is 0 Å². The molecule has 1 nitrogen and oxygen atoms in total. The lowest BCUT2D eigenvalue weighted by Crippen LogP contribution is -1.99. The Labute approximate surface area is 73.8 Å². The molecule has 0 saturated carbocycles. The Hall–Kier alpha value is -0.760. The van der Waals surface area contributed by atoms with E-state index in [4.69, 9.17) is 4.74 Å². The number of halogens is 1. The first-order valence-electron chi connectivity index (χ1n) is 3.45. The van der Waals surface area contributed by atoms with Gasteiger partial charge < -0.3 is 4.74 Å². The summed E-state index contributed by atoms with van der Waals surface area (Å²) in [6.45, 7) is 0.684. The Morgan fingerprint density at radius 3 is 3.18 bits per heavy atom. The van der Waals surface area contributed by atoms with E-state index in [1.54, 1.807) is 0 Å². The molecule has 1 heterocycles. The lowest BCUT2D eigenvalue weighted by molar-refractivity contribution is 0.358. The molecule has 2 heteroatoms. The number of rotatable bonds is 0. The molecule has 11 heavy (non-hydrogen) atoms. The Kier molecular flexibility index (Phi) is 1.70. The highest BCUT2D eigenvalue weighted by molar-refractivity contribution is 9.10. The molecule has 1 aliphatic heterocycles. The van der Waals surface area contributed by atoms with Crippen LogP contribution in [0.15, 0.2) is 28.7 Å². The van der Waals surface area contributed by atoms with Gasteiger partial charge in [-0.3, -0.25) is 0 Å². The predicted octanol–water partition coefficient (Wildman–Crippen LogP) is 2.85. The molecule has 0 atom stereocenters. The third kappa shape index (κ3) is 1.31. The average molecular weight is 211 g/mol. The molecular weight excluding hydrogens is 204 g/mol. The second-order valence-corrected chi connectivity index (χ2v) is 3.31. The summed E-state index contributed by atoms with van der Waals surface area (Å²) in [5.74, 6) is 0.960. The SMILES string of the molecule is Brc1ccc2c(c1)OCC=C2. The van der Waals surface area contributed by atoms with Crippen molar-refractivity contribution in [2.45, 2.75) is 0 Å². The van der Waals surface area contributed by atoms with Gasteiger partial charge in [-0.15, -0.1) is 0 Å². The van der Waals surface area contributed by atoms with Crippen molar-refractivity contribution in [3.63, 3.8) is 0 Å². The summed E-state index contributed by atoms with van der Waals surface area (Å²) in [7, 11) is 0. The minimum Gasteiger partial charge on any atom is -0.489 e. The van der Waals surface area contributed by atoms with E-state index in [9.17, 15) is 0 Å². The molecule has 0 unspecified atom stereocenters. The van der Waals surface area contributed by atoms with Crippen LogP contribution in [0, 0.1) is 0 Å². The number of hydrogen-bond donors (Lipinski definition) is 0. The smallest absolute Gasteiger partial charge is 0.128 e. The highest BCUT2D eigenvalue weighted by Crippen LogP contribution is 2.26. The molecule has 1 aliphatic rings. The van der Waals surface area contributed by atoms with Gasteiger partial charge in [-0.2, -0.15) is 0 Å². The molecule has 2 rings (SSSR count). The first-order chi connectivity index (χ1) is 5.36. The van der Waals surface area contributed by atoms with Gasteiger partial charge in [-0.25, -0.2) is 0 Å². The quantitative estimate of drug-likeness (QED) is 0.641. The standard InChI is InChI=1S/C9H7BrO/c10-8-4-3-7-2-1-5-11-9(7)6-8/h1-4,6H,5H2. The molecule has 0 bridgehead atoms. The maximum absolute atomic E-state index is 5.39. The molecule has 0 spiro atoms. The van der Waals surface area contributed by atoms with Gasteiger partial charge >= 0.3 is 0 Å². The zero-order valence-electron chi connectivity index (χ0n) is 5.88. The Morgan fingerprint density at radius 1 is 1.36 bits per heavy atom. The fraction of sp³-hybridized carbons (Fsp3) is 0.111. The van der Waals surface area contributed by atoms with E-state index in [0.717, 1.165) is 15.8 Å². The molecule has 1 aromatic rings. The van der Waals surface area contributed by atoms with Gasteiger partial charge in [0.1, 0.15) is 12.4 Å². The van der Waals surface area contributed by atoms with Crippen molar-refractivity contribution >= 4 is 22.0 Å². The van der Waals surface area contributed by atoms with Gasteiger partial charge in [-0.05, 0) is 18.2 Å². The molecule has 0 fully saturated rings. The zero-order valence-corrected chi connectivity index (χ0v) is 7.47. The summed E-state index contributed by atoms with van der Waals surface area (Å²) in [5, 5.41) is 0. The summed E-state index contributed by atoms with van der Waals surface area (Å²) in [6, 6.07) is 6.03. The fourth-order valence-corrected chi connectivity index (χ4v) is 1.42. The lowest BCUT2D eigenvalue weighted by Gasteiger charge is -2.11. The topological polar surface area (TPSA) is 9.23 Å². The third-order valence-corrected chi connectivity index (χ3v) is 2.10. The highest BCUT2D eigenvalue weighted by Gasteiger charge is 2.03. The van der Waals surface area contributed by atoms with Crippen molar-refractivity contribution in [3.8, 4) is 5.75 Å². The highest BCUT2D eigenvalue weighted by atomic mass is 79.9. The van der Waals surface area contributed by atoms with Crippen LogP contribution in [0.1, 0.15) is 5.56 Å². The Balaban J connectivity index is 2.53. The van der Waals surface area contributed by atoms with Crippen molar-refractivity contribution in [1.29, 1.82) is 0 Å². The van der Waals surface area contributed by atoms with Crippen LogP contribution >= 0.6 is 15.9 Å². The van der Waals surface area contributed by atoms with E-state index in [1.807, 2.05) is 24.3 Å². The monoisotopic (exact) mass is 210 g/mol. The van der Waals surface area contributed by atoms with Crippen LogP contribution in [-0.4, -0.2) is 6.61 Å². The number of benzene rings is 1. The van der Waals surface area contributed by atoms with Gasteiger partial charge in [0.2, 0.25) is 0 Å². The Bertz CT molecular complexity index is 304. The summed E-state index contributed by atoms with van der Waals surface area (Å²) < 4.78 is 6.45. The second kappa shape index (κ2) is 2.70. The van der Waals surface area contributed by atoms with E-state index in [2.05, 4.69) is 22.0 Å². The van der Waals surface area contributed by atoms with Crippen LogP contribution in [-0.2, 0) is 0 Å².